The number of nitrogens with one attached hydrogen (secondary N) is 2. The molecule has 2 aromatic rings. The van der Waals surface area contributed by atoms with Gasteiger partial charge in [0, 0.05) is 49.3 Å². The lowest BCUT2D eigenvalue weighted by molar-refractivity contribution is 0.231. The Labute approximate surface area is 115 Å². The van der Waals surface area contributed by atoms with Gasteiger partial charge in [-0.25, -0.2) is 0 Å². The average molecular weight is 257 g/mol. The van der Waals surface area contributed by atoms with Crippen LogP contribution in [0.2, 0.25) is 0 Å². The molecule has 3 heteroatoms. The van der Waals surface area contributed by atoms with Crippen molar-refractivity contribution in [3.63, 3.8) is 0 Å². The van der Waals surface area contributed by atoms with Gasteiger partial charge in [-0.3, -0.25) is 4.90 Å². The minimum atomic E-state index is 1.05. The normalized spacial score (nSPS) is 17.2. The number of fused-ring (bicyclic) bond motifs is 1. The van der Waals surface area contributed by atoms with E-state index in [0.717, 1.165) is 39.1 Å². The predicted molar refractivity (Wildman–Crippen MR) is 80.6 cm³/mol. The van der Waals surface area contributed by atoms with Crippen molar-refractivity contribution in [1.29, 1.82) is 0 Å². The number of H-pyrrole nitrogens is 1. The second kappa shape index (κ2) is 5.35. The van der Waals surface area contributed by atoms with Crippen LogP contribution in [0.15, 0.2) is 18.2 Å². The van der Waals surface area contributed by atoms with E-state index in [2.05, 4.69) is 47.2 Å². The number of piperazine rings is 1. The molecule has 19 heavy (non-hydrogen) atoms. The summed E-state index contributed by atoms with van der Waals surface area (Å²) in [5.41, 5.74) is 5.50. The first-order valence-electron chi connectivity index (χ1n) is 7.31. The van der Waals surface area contributed by atoms with Crippen molar-refractivity contribution in [3.05, 3.63) is 35.0 Å². The molecule has 3 rings (SSSR count). The summed E-state index contributed by atoms with van der Waals surface area (Å²) in [6.07, 6.45) is 1.10. The van der Waals surface area contributed by atoms with Crippen LogP contribution in [0, 0.1) is 6.92 Å². The summed E-state index contributed by atoms with van der Waals surface area (Å²) in [5, 5.41) is 4.80. The van der Waals surface area contributed by atoms with E-state index >= 15 is 0 Å². The molecule has 1 aromatic carbocycles. The minimum absolute atomic E-state index is 1.05. The molecular formula is C16H23N3. The second-order valence-electron chi connectivity index (χ2n) is 5.49. The lowest BCUT2D eigenvalue weighted by atomic mass is 10.1. The van der Waals surface area contributed by atoms with Crippen molar-refractivity contribution in [1.82, 2.24) is 15.2 Å². The fraction of sp³-hybridized carbons (Fsp3) is 0.500. The third kappa shape index (κ3) is 2.53. The highest BCUT2D eigenvalue weighted by Crippen LogP contribution is 2.24. The number of benzene rings is 1. The first kappa shape index (κ1) is 12.7. The minimum Gasteiger partial charge on any atom is -0.357 e. The molecule has 0 unspecified atom stereocenters. The maximum atomic E-state index is 3.60. The van der Waals surface area contributed by atoms with Gasteiger partial charge in [-0.15, -0.1) is 0 Å². The number of aryl methyl sites for hydroxylation is 2. The van der Waals surface area contributed by atoms with Gasteiger partial charge < -0.3 is 10.3 Å². The van der Waals surface area contributed by atoms with Crippen molar-refractivity contribution >= 4 is 10.9 Å². The zero-order valence-corrected chi connectivity index (χ0v) is 11.9. The molecule has 0 radical (unpaired) electrons. The Balaban J connectivity index is 1.88. The van der Waals surface area contributed by atoms with E-state index in [9.17, 15) is 0 Å². The van der Waals surface area contributed by atoms with Crippen molar-refractivity contribution in [2.24, 2.45) is 0 Å². The molecular weight excluding hydrogens is 234 g/mol. The van der Waals surface area contributed by atoms with Crippen LogP contribution in [0.1, 0.15) is 23.7 Å². The zero-order chi connectivity index (χ0) is 13.2. The van der Waals surface area contributed by atoms with Crippen molar-refractivity contribution in [3.8, 4) is 0 Å². The summed E-state index contributed by atoms with van der Waals surface area (Å²) in [5.74, 6) is 0. The SMILES string of the molecule is CCc1ccc2[nH]c(CN3CCNCC3)c(C)c2c1. The highest BCUT2D eigenvalue weighted by molar-refractivity contribution is 5.85. The second-order valence-corrected chi connectivity index (χ2v) is 5.49. The lowest BCUT2D eigenvalue weighted by Gasteiger charge is -2.26. The molecule has 0 saturated carbocycles. The first-order valence-corrected chi connectivity index (χ1v) is 7.31. The Morgan fingerprint density at radius 2 is 2.00 bits per heavy atom. The van der Waals surface area contributed by atoms with Gasteiger partial charge in [0.25, 0.3) is 0 Å². The Bertz CT molecular complexity index is 565. The Morgan fingerprint density at radius 1 is 1.21 bits per heavy atom. The number of hydrogen-bond acceptors (Lipinski definition) is 2. The summed E-state index contributed by atoms with van der Waals surface area (Å²) in [6.45, 7) is 10.0. The van der Waals surface area contributed by atoms with Gasteiger partial charge in [0.1, 0.15) is 0 Å². The molecule has 0 spiro atoms. The molecule has 0 bridgehead atoms. The van der Waals surface area contributed by atoms with Gasteiger partial charge in [-0.1, -0.05) is 13.0 Å². The van der Waals surface area contributed by atoms with Crippen LogP contribution in [0.3, 0.4) is 0 Å². The van der Waals surface area contributed by atoms with E-state index in [1.165, 1.54) is 27.7 Å². The molecule has 1 aliphatic rings. The molecule has 0 atom stereocenters. The van der Waals surface area contributed by atoms with E-state index in [0.29, 0.717) is 0 Å². The van der Waals surface area contributed by atoms with E-state index in [4.69, 9.17) is 0 Å². The molecule has 2 heterocycles. The standard InChI is InChI=1S/C16H23N3/c1-3-13-4-5-15-14(10-13)12(2)16(18-15)11-19-8-6-17-7-9-19/h4-5,10,17-18H,3,6-9,11H2,1-2H3. The van der Waals surface area contributed by atoms with Gasteiger partial charge >= 0.3 is 0 Å². The van der Waals surface area contributed by atoms with Crippen LogP contribution in [-0.2, 0) is 13.0 Å². The van der Waals surface area contributed by atoms with E-state index in [1.54, 1.807) is 0 Å². The zero-order valence-electron chi connectivity index (χ0n) is 11.9. The Hall–Kier alpha value is -1.32. The molecule has 1 saturated heterocycles. The summed E-state index contributed by atoms with van der Waals surface area (Å²) in [6, 6.07) is 6.79. The highest BCUT2D eigenvalue weighted by atomic mass is 15.2. The summed E-state index contributed by atoms with van der Waals surface area (Å²) in [4.78, 5) is 6.12. The summed E-state index contributed by atoms with van der Waals surface area (Å²) >= 11 is 0. The predicted octanol–water partition coefficient (Wildman–Crippen LogP) is 2.44. The summed E-state index contributed by atoms with van der Waals surface area (Å²) < 4.78 is 0. The number of aromatic nitrogens is 1. The maximum Gasteiger partial charge on any atom is 0.0459 e. The molecule has 1 fully saturated rings. The molecule has 1 aromatic heterocycles. The van der Waals surface area contributed by atoms with Crippen molar-refractivity contribution in [2.75, 3.05) is 26.2 Å². The molecule has 3 nitrogen and oxygen atoms in total. The lowest BCUT2D eigenvalue weighted by Crippen LogP contribution is -2.43. The topological polar surface area (TPSA) is 31.1 Å². The largest absolute Gasteiger partial charge is 0.357 e. The fourth-order valence-corrected chi connectivity index (χ4v) is 2.90. The number of aromatic amines is 1. The molecule has 1 aliphatic heterocycles. The maximum absolute atomic E-state index is 3.60. The first-order chi connectivity index (χ1) is 9.28. The number of nitrogens with zero attached hydrogens (tertiary/aromatic N) is 1. The Kier molecular flexibility index (Phi) is 3.58. The van der Waals surface area contributed by atoms with Crippen LogP contribution >= 0.6 is 0 Å². The van der Waals surface area contributed by atoms with Crippen LogP contribution < -0.4 is 5.32 Å². The van der Waals surface area contributed by atoms with Crippen LogP contribution in [0.4, 0.5) is 0 Å². The van der Waals surface area contributed by atoms with Crippen molar-refractivity contribution < 1.29 is 0 Å². The highest BCUT2D eigenvalue weighted by Gasteiger charge is 2.14. The molecule has 2 N–H and O–H groups in total. The van der Waals surface area contributed by atoms with Gasteiger partial charge in [0.15, 0.2) is 0 Å². The average Bonchev–Trinajstić information content (AvgIpc) is 2.76. The van der Waals surface area contributed by atoms with Gasteiger partial charge in [0.05, 0.1) is 0 Å². The molecule has 102 valence electrons. The van der Waals surface area contributed by atoms with E-state index in [1.807, 2.05) is 0 Å². The third-order valence-electron chi connectivity index (χ3n) is 4.23. The van der Waals surface area contributed by atoms with Gasteiger partial charge in [-0.05, 0) is 36.6 Å². The quantitative estimate of drug-likeness (QED) is 0.885. The van der Waals surface area contributed by atoms with Crippen LogP contribution in [0.5, 0.6) is 0 Å². The smallest absolute Gasteiger partial charge is 0.0459 e. The van der Waals surface area contributed by atoms with Gasteiger partial charge in [0.2, 0.25) is 0 Å². The summed E-state index contributed by atoms with van der Waals surface area (Å²) in [7, 11) is 0. The van der Waals surface area contributed by atoms with Crippen molar-refractivity contribution in [2.45, 2.75) is 26.8 Å². The van der Waals surface area contributed by atoms with Crippen LogP contribution in [0.25, 0.3) is 10.9 Å². The number of hydrogen-bond donors (Lipinski definition) is 2. The monoisotopic (exact) mass is 257 g/mol. The number of rotatable bonds is 3. The Morgan fingerprint density at radius 3 is 2.74 bits per heavy atom. The third-order valence-corrected chi connectivity index (χ3v) is 4.23. The molecule has 0 amide bonds. The molecule has 0 aliphatic carbocycles. The fourth-order valence-electron chi connectivity index (χ4n) is 2.90. The van der Waals surface area contributed by atoms with Crippen LogP contribution in [-0.4, -0.2) is 36.1 Å². The van der Waals surface area contributed by atoms with E-state index in [-0.39, 0.29) is 0 Å². The van der Waals surface area contributed by atoms with E-state index < -0.39 is 0 Å². The van der Waals surface area contributed by atoms with Gasteiger partial charge in [-0.2, -0.15) is 0 Å².